The van der Waals surface area contributed by atoms with E-state index in [0.717, 1.165) is 44.9 Å². The predicted molar refractivity (Wildman–Crippen MR) is 97.9 cm³/mol. The van der Waals surface area contributed by atoms with Crippen LogP contribution in [0.5, 0.6) is 0 Å². The Morgan fingerprint density at radius 2 is 1.24 bits per heavy atom. The zero-order valence-corrected chi connectivity index (χ0v) is 15.9. The molecule has 0 saturated heterocycles. The number of carbonyl (C=O) groups is 2. The molecule has 0 radical (unpaired) electrons. The van der Waals surface area contributed by atoms with E-state index in [9.17, 15) is 9.59 Å². The molecule has 25 heavy (non-hydrogen) atoms. The summed E-state index contributed by atoms with van der Waals surface area (Å²) in [5, 5.41) is 0. The third-order valence-corrected chi connectivity index (χ3v) is 5.64. The molecule has 2 aliphatic carbocycles. The Kier molecular flexibility index (Phi) is 8.50. The first-order chi connectivity index (χ1) is 12.2. The molecule has 0 aliphatic heterocycles. The Labute approximate surface area is 152 Å². The van der Waals surface area contributed by atoms with Gasteiger partial charge in [-0.1, -0.05) is 51.7 Å². The summed E-state index contributed by atoms with van der Waals surface area (Å²) in [7, 11) is 0. The van der Waals surface area contributed by atoms with E-state index in [1.54, 1.807) is 0 Å². The van der Waals surface area contributed by atoms with Crippen LogP contribution in [0, 0.1) is 23.7 Å². The van der Waals surface area contributed by atoms with E-state index >= 15 is 0 Å². The van der Waals surface area contributed by atoms with Crippen LogP contribution in [-0.2, 0) is 19.1 Å². The molecule has 2 rings (SSSR count). The molecule has 0 heterocycles. The monoisotopic (exact) mass is 350 g/mol. The van der Waals surface area contributed by atoms with Crippen LogP contribution in [0.3, 0.4) is 0 Å². The minimum atomic E-state index is -0.0875. The Balaban J connectivity index is 1.74. The van der Waals surface area contributed by atoms with E-state index in [-0.39, 0.29) is 11.9 Å². The molecule has 4 unspecified atom stereocenters. The number of rotatable bonds is 12. The number of fused-ring (bicyclic) bond motifs is 2. The summed E-state index contributed by atoms with van der Waals surface area (Å²) in [5.74, 6) is 1.36. The summed E-state index contributed by atoms with van der Waals surface area (Å²) in [6.45, 7) is 5.19. The molecule has 0 amide bonds. The van der Waals surface area contributed by atoms with Crippen molar-refractivity contribution in [3.05, 3.63) is 12.2 Å². The zero-order chi connectivity index (χ0) is 18.1. The fourth-order valence-electron chi connectivity index (χ4n) is 4.08. The fraction of sp³-hybridized carbons (Fsp3) is 0.810. The highest BCUT2D eigenvalue weighted by Crippen LogP contribution is 2.48. The summed E-state index contributed by atoms with van der Waals surface area (Å²) in [6.07, 6.45) is 12.8. The highest BCUT2D eigenvalue weighted by Gasteiger charge is 2.45. The lowest BCUT2D eigenvalue weighted by Gasteiger charge is -2.27. The number of hydrogen-bond donors (Lipinski definition) is 0. The third kappa shape index (κ3) is 6.16. The van der Waals surface area contributed by atoms with E-state index < -0.39 is 0 Å². The molecular weight excluding hydrogens is 316 g/mol. The Bertz CT molecular complexity index is 417. The minimum Gasteiger partial charge on any atom is -0.465 e. The predicted octanol–water partition coefficient (Wildman–Crippen LogP) is 4.67. The number of allylic oxidation sites excluding steroid dienone is 2. The Morgan fingerprint density at radius 3 is 1.64 bits per heavy atom. The maximum Gasteiger partial charge on any atom is 0.305 e. The molecule has 4 nitrogen and oxygen atoms in total. The molecule has 1 saturated carbocycles. The van der Waals surface area contributed by atoms with Crippen molar-refractivity contribution in [2.45, 2.75) is 71.6 Å². The molecule has 0 N–H and O–H groups in total. The SMILES string of the molecule is CCCCCC(=O)OCC1C2C=CC(C2)C1COC(=O)CCCCC. The lowest BCUT2D eigenvalue weighted by Crippen LogP contribution is -2.30. The number of unbranched alkanes of at least 4 members (excludes halogenated alkanes) is 4. The van der Waals surface area contributed by atoms with E-state index in [0.29, 0.717) is 49.7 Å². The summed E-state index contributed by atoms with van der Waals surface area (Å²) in [4.78, 5) is 23.7. The fourth-order valence-corrected chi connectivity index (χ4v) is 4.08. The highest BCUT2D eigenvalue weighted by molar-refractivity contribution is 5.69. The smallest absolute Gasteiger partial charge is 0.305 e. The van der Waals surface area contributed by atoms with Gasteiger partial charge in [-0.2, -0.15) is 0 Å². The summed E-state index contributed by atoms with van der Waals surface area (Å²) in [5.41, 5.74) is 0. The van der Waals surface area contributed by atoms with Crippen LogP contribution in [0.25, 0.3) is 0 Å². The number of carbonyl (C=O) groups excluding carboxylic acids is 2. The summed E-state index contributed by atoms with van der Waals surface area (Å²) >= 11 is 0. The largest absolute Gasteiger partial charge is 0.465 e. The maximum absolute atomic E-state index is 11.9. The van der Waals surface area contributed by atoms with Crippen molar-refractivity contribution in [3.63, 3.8) is 0 Å². The molecule has 0 aromatic carbocycles. The van der Waals surface area contributed by atoms with Gasteiger partial charge in [0.25, 0.3) is 0 Å². The molecule has 4 heteroatoms. The van der Waals surface area contributed by atoms with Crippen molar-refractivity contribution in [2.24, 2.45) is 23.7 Å². The van der Waals surface area contributed by atoms with Gasteiger partial charge in [-0.3, -0.25) is 9.59 Å². The second-order valence-electron chi connectivity index (χ2n) is 7.56. The van der Waals surface area contributed by atoms with Crippen LogP contribution >= 0.6 is 0 Å². The Hall–Kier alpha value is -1.32. The molecule has 142 valence electrons. The van der Waals surface area contributed by atoms with Gasteiger partial charge in [0, 0.05) is 24.7 Å². The van der Waals surface area contributed by atoms with Crippen LogP contribution in [0.15, 0.2) is 12.2 Å². The van der Waals surface area contributed by atoms with Crippen molar-refractivity contribution < 1.29 is 19.1 Å². The molecule has 2 bridgehead atoms. The molecule has 0 spiro atoms. The average Bonchev–Trinajstić information content (AvgIpc) is 3.20. The van der Waals surface area contributed by atoms with Gasteiger partial charge >= 0.3 is 11.9 Å². The van der Waals surface area contributed by atoms with Gasteiger partial charge in [0.15, 0.2) is 0 Å². The van der Waals surface area contributed by atoms with Crippen LogP contribution in [-0.4, -0.2) is 25.2 Å². The van der Waals surface area contributed by atoms with Crippen molar-refractivity contribution in [2.75, 3.05) is 13.2 Å². The molecule has 2 aliphatic rings. The topological polar surface area (TPSA) is 52.6 Å². The average molecular weight is 350 g/mol. The molecular formula is C21H34O4. The highest BCUT2D eigenvalue weighted by atomic mass is 16.5. The first-order valence-corrected chi connectivity index (χ1v) is 10.1. The second kappa shape index (κ2) is 10.6. The number of ether oxygens (including phenoxy) is 2. The van der Waals surface area contributed by atoms with Gasteiger partial charge in [0.05, 0.1) is 13.2 Å². The Morgan fingerprint density at radius 1 is 0.800 bits per heavy atom. The van der Waals surface area contributed by atoms with E-state index in [4.69, 9.17) is 9.47 Å². The summed E-state index contributed by atoms with van der Waals surface area (Å²) < 4.78 is 11.1. The first-order valence-electron chi connectivity index (χ1n) is 10.1. The second-order valence-corrected chi connectivity index (χ2v) is 7.56. The normalized spacial score (nSPS) is 26.8. The van der Waals surface area contributed by atoms with Crippen LogP contribution < -0.4 is 0 Å². The summed E-state index contributed by atoms with van der Waals surface area (Å²) in [6, 6.07) is 0. The van der Waals surface area contributed by atoms with E-state index in [2.05, 4.69) is 26.0 Å². The van der Waals surface area contributed by atoms with Gasteiger partial charge in [-0.05, 0) is 31.1 Å². The van der Waals surface area contributed by atoms with Gasteiger partial charge in [0.1, 0.15) is 0 Å². The third-order valence-electron chi connectivity index (χ3n) is 5.64. The maximum atomic E-state index is 11.9. The number of hydrogen-bond acceptors (Lipinski definition) is 4. The van der Waals surface area contributed by atoms with Crippen molar-refractivity contribution in [1.82, 2.24) is 0 Å². The molecule has 1 fully saturated rings. The number of esters is 2. The van der Waals surface area contributed by atoms with Gasteiger partial charge in [0.2, 0.25) is 0 Å². The lowest BCUT2D eigenvalue weighted by atomic mass is 9.84. The van der Waals surface area contributed by atoms with Gasteiger partial charge < -0.3 is 9.47 Å². The first kappa shape index (κ1) is 20.0. The van der Waals surface area contributed by atoms with Gasteiger partial charge in [-0.15, -0.1) is 0 Å². The van der Waals surface area contributed by atoms with Crippen LogP contribution in [0.1, 0.15) is 71.6 Å². The van der Waals surface area contributed by atoms with Crippen molar-refractivity contribution >= 4 is 11.9 Å². The van der Waals surface area contributed by atoms with Crippen LogP contribution in [0.2, 0.25) is 0 Å². The van der Waals surface area contributed by atoms with Crippen molar-refractivity contribution in [3.8, 4) is 0 Å². The molecule has 0 aromatic heterocycles. The van der Waals surface area contributed by atoms with E-state index in [1.165, 1.54) is 0 Å². The quantitative estimate of drug-likeness (QED) is 0.291. The molecule has 4 atom stereocenters. The van der Waals surface area contributed by atoms with Gasteiger partial charge in [-0.25, -0.2) is 0 Å². The zero-order valence-electron chi connectivity index (χ0n) is 15.9. The van der Waals surface area contributed by atoms with Crippen molar-refractivity contribution in [1.29, 1.82) is 0 Å². The lowest BCUT2D eigenvalue weighted by molar-refractivity contribution is -0.150. The van der Waals surface area contributed by atoms with E-state index in [1.807, 2.05) is 0 Å². The minimum absolute atomic E-state index is 0.0875. The van der Waals surface area contributed by atoms with Crippen LogP contribution in [0.4, 0.5) is 0 Å². The molecule has 0 aromatic rings. The standard InChI is InChI=1S/C21H34O4/c1-3-5-7-9-20(22)24-14-18-16-11-12-17(13-16)19(18)15-25-21(23)10-8-6-4-2/h11-12,16-19H,3-10,13-15H2,1-2H3.